The third-order valence-electron chi connectivity index (χ3n) is 2.78. The maximum absolute atomic E-state index is 11.9. The molecule has 0 aliphatic carbocycles. The van der Waals surface area contributed by atoms with Crippen molar-refractivity contribution < 1.29 is 13.2 Å². The molecule has 20 heavy (non-hydrogen) atoms. The number of amides is 1. The number of rotatable bonds is 4. The molecule has 0 aliphatic rings. The number of aryl methyl sites for hydroxylation is 1. The smallest absolute Gasteiger partial charge is 0.252 e. The SMILES string of the molecule is Cc1cscc1C(=O)NCc1cccc(S(N)(=O)=O)c1. The van der Waals surface area contributed by atoms with Crippen LogP contribution < -0.4 is 10.5 Å². The van der Waals surface area contributed by atoms with Gasteiger partial charge in [-0.2, -0.15) is 11.3 Å². The van der Waals surface area contributed by atoms with E-state index in [1.807, 2.05) is 12.3 Å². The zero-order valence-electron chi connectivity index (χ0n) is 10.8. The van der Waals surface area contributed by atoms with Gasteiger partial charge in [-0.25, -0.2) is 13.6 Å². The highest BCUT2D eigenvalue weighted by Gasteiger charge is 2.11. The number of primary sulfonamides is 1. The average molecular weight is 310 g/mol. The Morgan fingerprint density at radius 1 is 1.35 bits per heavy atom. The Morgan fingerprint density at radius 2 is 2.10 bits per heavy atom. The van der Waals surface area contributed by atoms with Crippen molar-refractivity contribution in [3.8, 4) is 0 Å². The molecule has 1 heterocycles. The lowest BCUT2D eigenvalue weighted by atomic mass is 10.2. The van der Waals surface area contributed by atoms with Crippen LogP contribution in [0.3, 0.4) is 0 Å². The summed E-state index contributed by atoms with van der Waals surface area (Å²) in [5.74, 6) is -0.176. The largest absolute Gasteiger partial charge is 0.348 e. The van der Waals surface area contributed by atoms with E-state index in [0.29, 0.717) is 11.1 Å². The Kier molecular flexibility index (Phi) is 4.22. The summed E-state index contributed by atoms with van der Waals surface area (Å²) in [6.07, 6.45) is 0. The van der Waals surface area contributed by atoms with Gasteiger partial charge in [0.2, 0.25) is 10.0 Å². The fourth-order valence-corrected chi connectivity index (χ4v) is 3.12. The van der Waals surface area contributed by atoms with Crippen LogP contribution in [0.15, 0.2) is 39.9 Å². The van der Waals surface area contributed by atoms with E-state index < -0.39 is 10.0 Å². The van der Waals surface area contributed by atoms with Gasteiger partial charge in [0.05, 0.1) is 10.5 Å². The second kappa shape index (κ2) is 5.74. The van der Waals surface area contributed by atoms with Crippen LogP contribution in [-0.2, 0) is 16.6 Å². The lowest BCUT2D eigenvalue weighted by molar-refractivity contribution is 0.0951. The van der Waals surface area contributed by atoms with E-state index >= 15 is 0 Å². The molecule has 0 fully saturated rings. The molecular formula is C13H14N2O3S2. The Morgan fingerprint density at radius 3 is 2.70 bits per heavy atom. The molecule has 5 nitrogen and oxygen atoms in total. The van der Waals surface area contributed by atoms with Crippen LogP contribution in [-0.4, -0.2) is 14.3 Å². The van der Waals surface area contributed by atoms with Gasteiger partial charge in [0.1, 0.15) is 0 Å². The number of hydrogen-bond donors (Lipinski definition) is 2. The molecule has 0 atom stereocenters. The zero-order valence-corrected chi connectivity index (χ0v) is 12.4. The summed E-state index contributed by atoms with van der Waals surface area (Å²) in [6, 6.07) is 6.20. The highest BCUT2D eigenvalue weighted by atomic mass is 32.2. The number of carbonyl (C=O) groups is 1. The third kappa shape index (κ3) is 3.44. The van der Waals surface area contributed by atoms with Gasteiger partial charge in [-0.3, -0.25) is 4.79 Å². The predicted octanol–water partition coefficient (Wildman–Crippen LogP) is 1.63. The summed E-state index contributed by atoms with van der Waals surface area (Å²) in [7, 11) is -3.72. The van der Waals surface area contributed by atoms with Crippen LogP contribution in [0, 0.1) is 6.92 Å². The van der Waals surface area contributed by atoms with Crippen molar-refractivity contribution in [3.05, 3.63) is 51.7 Å². The maximum Gasteiger partial charge on any atom is 0.252 e. The molecule has 0 unspecified atom stereocenters. The molecule has 0 saturated carbocycles. The highest BCUT2D eigenvalue weighted by Crippen LogP contribution is 2.14. The Bertz CT molecular complexity index is 736. The van der Waals surface area contributed by atoms with Crippen molar-refractivity contribution in [3.63, 3.8) is 0 Å². The molecule has 2 aromatic rings. The molecule has 0 spiro atoms. The first-order chi connectivity index (χ1) is 9.38. The molecule has 1 amide bonds. The number of carbonyl (C=O) groups excluding carboxylic acids is 1. The highest BCUT2D eigenvalue weighted by molar-refractivity contribution is 7.89. The van der Waals surface area contributed by atoms with Gasteiger partial charge in [0.25, 0.3) is 5.91 Å². The Labute approximate surface area is 121 Å². The van der Waals surface area contributed by atoms with E-state index in [1.54, 1.807) is 17.5 Å². The summed E-state index contributed by atoms with van der Waals surface area (Å²) in [5.41, 5.74) is 2.24. The van der Waals surface area contributed by atoms with E-state index in [4.69, 9.17) is 5.14 Å². The molecule has 0 radical (unpaired) electrons. The number of sulfonamides is 1. The minimum atomic E-state index is -3.72. The average Bonchev–Trinajstić information content (AvgIpc) is 2.82. The molecule has 1 aromatic heterocycles. The van der Waals surface area contributed by atoms with E-state index in [-0.39, 0.29) is 17.3 Å². The van der Waals surface area contributed by atoms with E-state index in [9.17, 15) is 13.2 Å². The van der Waals surface area contributed by atoms with Crippen molar-refractivity contribution >= 4 is 27.3 Å². The van der Waals surface area contributed by atoms with Crippen LogP contribution in [0.5, 0.6) is 0 Å². The second-order valence-electron chi connectivity index (χ2n) is 4.34. The number of benzene rings is 1. The van der Waals surface area contributed by atoms with Crippen molar-refractivity contribution in [2.45, 2.75) is 18.4 Å². The first-order valence-electron chi connectivity index (χ1n) is 5.80. The minimum Gasteiger partial charge on any atom is -0.348 e. The van der Waals surface area contributed by atoms with E-state index in [1.165, 1.54) is 23.5 Å². The van der Waals surface area contributed by atoms with Gasteiger partial charge in [0, 0.05) is 11.9 Å². The quantitative estimate of drug-likeness (QED) is 0.899. The lowest BCUT2D eigenvalue weighted by Gasteiger charge is -2.06. The monoisotopic (exact) mass is 310 g/mol. The number of nitrogens with one attached hydrogen (secondary N) is 1. The molecular weight excluding hydrogens is 296 g/mol. The summed E-state index contributed by atoms with van der Waals surface area (Å²) < 4.78 is 22.5. The molecule has 3 N–H and O–H groups in total. The van der Waals surface area contributed by atoms with E-state index in [0.717, 1.165) is 5.56 Å². The molecule has 0 saturated heterocycles. The van der Waals surface area contributed by atoms with Gasteiger partial charge in [-0.1, -0.05) is 12.1 Å². The number of nitrogens with two attached hydrogens (primary N) is 1. The predicted molar refractivity (Wildman–Crippen MR) is 78.0 cm³/mol. The number of hydrogen-bond acceptors (Lipinski definition) is 4. The van der Waals surface area contributed by atoms with E-state index in [2.05, 4.69) is 5.32 Å². The lowest BCUT2D eigenvalue weighted by Crippen LogP contribution is -2.23. The van der Waals surface area contributed by atoms with Crippen LogP contribution >= 0.6 is 11.3 Å². The van der Waals surface area contributed by atoms with Gasteiger partial charge in [-0.15, -0.1) is 0 Å². The standard InChI is InChI=1S/C13H14N2O3S2/c1-9-7-19-8-12(9)13(16)15-6-10-3-2-4-11(5-10)20(14,17)18/h2-5,7-8H,6H2,1H3,(H,15,16)(H2,14,17,18). The first kappa shape index (κ1) is 14.7. The molecule has 1 aromatic carbocycles. The summed E-state index contributed by atoms with van der Waals surface area (Å²) in [5, 5.41) is 11.5. The fraction of sp³-hybridized carbons (Fsp3) is 0.154. The maximum atomic E-state index is 11.9. The number of thiophene rings is 1. The summed E-state index contributed by atoms with van der Waals surface area (Å²) in [6.45, 7) is 2.12. The van der Waals surface area contributed by atoms with Crippen molar-refractivity contribution in [1.82, 2.24) is 5.32 Å². The Hall–Kier alpha value is -1.70. The van der Waals surface area contributed by atoms with Gasteiger partial charge in [0.15, 0.2) is 0 Å². The zero-order chi connectivity index (χ0) is 14.8. The van der Waals surface area contributed by atoms with Crippen molar-refractivity contribution in [2.75, 3.05) is 0 Å². The third-order valence-corrected chi connectivity index (χ3v) is 4.55. The van der Waals surface area contributed by atoms with Crippen molar-refractivity contribution in [2.24, 2.45) is 5.14 Å². The molecule has 7 heteroatoms. The van der Waals surface area contributed by atoms with Crippen LogP contribution in [0.2, 0.25) is 0 Å². The van der Waals surface area contributed by atoms with Gasteiger partial charge >= 0.3 is 0 Å². The topological polar surface area (TPSA) is 89.3 Å². The second-order valence-corrected chi connectivity index (χ2v) is 6.65. The van der Waals surface area contributed by atoms with Crippen LogP contribution in [0.4, 0.5) is 0 Å². The van der Waals surface area contributed by atoms with Crippen LogP contribution in [0.25, 0.3) is 0 Å². The molecule has 0 aliphatic heterocycles. The molecule has 2 rings (SSSR count). The Balaban J connectivity index is 2.09. The first-order valence-corrected chi connectivity index (χ1v) is 8.29. The summed E-state index contributed by atoms with van der Waals surface area (Å²) in [4.78, 5) is 12.0. The van der Waals surface area contributed by atoms with Crippen LogP contribution in [0.1, 0.15) is 21.5 Å². The van der Waals surface area contributed by atoms with Gasteiger partial charge in [-0.05, 0) is 35.6 Å². The summed E-state index contributed by atoms with van der Waals surface area (Å²) >= 11 is 1.47. The normalized spacial score (nSPS) is 11.3. The fourth-order valence-electron chi connectivity index (χ4n) is 1.70. The van der Waals surface area contributed by atoms with Crippen molar-refractivity contribution in [1.29, 1.82) is 0 Å². The molecule has 106 valence electrons. The minimum absolute atomic E-state index is 0.0379. The molecule has 0 bridgehead atoms. The van der Waals surface area contributed by atoms with Gasteiger partial charge < -0.3 is 5.32 Å².